The number of thiazole rings is 1. The Labute approximate surface area is 122 Å². The van der Waals surface area contributed by atoms with Gasteiger partial charge in [0.15, 0.2) is 4.96 Å². The molecule has 20 heavy (non-hydrogen) atoms. The van der Waals surface area contributed by atoms with Crippen molar-refractivity contribution in [2.45, 2.75) is 32.9 Å². The van der Waals surface area contributed by atoms with Gasteiger partial charge in [-0.1, -0.05) is 0 Å². The zero-order valence-electron chi connectivity index (χ0n) is 12.0. The van der Waals surface area contributed by atoms with E-state index in [-0.39, 0.29) is 6.04 Å². The molecule has 3 rings (SSSR count). The van der Waals surface area contributed by atoms with Gasteiger partial charge in [0, 0.05) is 30.7 Å². The lowest BCUT2D eigenvalue weighted by molar-refractivity contribution is 0.509. The fourth-order valence-corrected chi connectivity index (χ4v) is 3.26. The number of rotatable bonds is 5. The zero-order chi connectivity index (χ0) is 14.1. The first kappa shape index (κ1) is 13.3. The predicted molar refractivity (Wildman–Crippen MR) is 81.2 cm³/mol. The number of nitrogens with zero attached hydrogens (tertiary/aromatic N) is 4. The monoisotopic (exact) mass is 289 g/mol. The van der Waals surface area contributed by atoms with Crippen LogP contribution in [0.2, 0.25) is 0 Å². The van der Waals surface area contributed by atoms with Crippen LogP contribution in [0.3, 0.4) is 0 Å². The molecule has 0 aromatic carbocycles. The van der Waals surface area contributed by atoms with Crippen LogP contribution < -0.4 is 5.32 Å². The van der Waals surface area contributed by atoms with Crippen molar-refractivity contribution in [2.24, 2.45) is 0 Å². The molecule has 0 fully saturated rings. The number of hydrogen-bond donors (Lipinski definition) is 1. The Kier molecular flexibility index (Phi) is 3.58. The molecule has 1 atom stereocenters. The summed E-state index contributed by atoms with van der Waals surface area (Å²) in [6.45, 7) is 5.05. The van der Waals surface area contributed by atoms with Gasteiger partial charge in [-0.3, -0.25) is 9.08 Å². The molecular weight excluding hydrogens is 270 g/mol. The number of likely N-dealkylation sites (N-methyl/N-ethyl adjacent to an activating group) is 1. The summed E-state index contributed by atoms with van der Waals surface area (Å²) in [5.41, 5.74) is 3.40. The highest BCUT2D eigenvalue weighted by atomic mass is 32.1. The molecule has 5 nitrogen and oxygen atoms in total. The summed E-state index contributed by atoms with van der Waals surface area (Å²) in [7, 11) is 1.99. The van der Waals surface area contributed by atoms with Gasteiger partial charge in [-0.15, -0.1) is 11.3 Å². The third-order valence-corrected chi connectivity index (χ3v) is 4.27. The Bertz CT molecular complexity index is 680. The molecule has 1 unspecified atom stereocenters. The van der Waals surface area contributed by atoms with Crippen molar-refractivity contribution in [3.05, 3.63) is 40.9 Å². The lowest BCUT2D eigenvalue weighted by atomic mass is 10.1. The number of nitrogens with one attached hydrogen (secondary N) is 1. The van der Waals surface area contributed by atoms with Gasteiger partial charge in [-0.25, -0.2) is 4.98 Å². The molecule has 0 radical (unpaired) electrons. The largest absolute Gasteiger partial charge is 0.311 e. The molecule has 0 amide bonds. The maximum Gasteiger partial charge on any atom is 0.193 e. The number of aromatic nitrogens is 4. The van der Waals surface area contributed by atoms with E-state index in [9.17, 15) is 0 Å². The van der Waals surface area contributed by atoms with Crippen LogP contribution in [0, 0.1) is 6.92 Å². The summed E-state index contributed by atoms with van der Waals surface area (Å²) in [5, 5.41) is 9.96. The van der Waals surface area contributed by atoms with Crippen LogP contribution >= 0.6 is 11.3 Å². The van der Waals surface area contributed by atoms with Crippen molar-refractivity contribution < 1.29 is 0 Å². The zero-order valence-corrected chi connectivity index (χ0v) is 12.8. The molecule has 0 saturated carbocycles. The van der Waals surface area contributed by atoms with Gasteiger partial charge in [0.2, 0.25) is 0 Å². The van der Waals surface area contributed by atoms with Crippen molar-refractivity contribution in [3.8, 4) is 0 Å². The van der Waals surface area contributed by atoms with Crippen LogP contribution in [0.5, 0.6) is 0 Å². The second-order valence-electron chi connectivity index (χ2n) is 4.90. The van der Waals surface area contributed by atoms with E-state index in [0.717, 1.165) is 29.3 Å². The number of imidazole rings is 1. The maximum atomic E-state index is 4.66. The maximum absolute atomic E-state index is 4.66. The summed E-state index contributed by atoms with van der Waals surface area (Å²) in [6.07, 6.45) is 5.02. The first-order valence-electron chi connectivity index (χ1n) is 6.84. The molecule has 0 bridgehead atoms. The normalized spacial score (nSPS) is 13.2. The third-order valence-electron chi connectivity index (χ3n) is 3.49. The second-order valence-corrected chi connectivity index (χ2v) is 5.77. The number of hydrogen-bond acceptors (Lipinski definition) is 4. The minimum absolute atomic E-state index is 0.237. The Morgan fingerprint density at radius 3 is 3.00 bits per heavy atom. The van der Waals surface area contributed by atoms with Crippen LogP contribution in [0.1, 0.15) is 30.0 Å². The van der Waals surface area contributed by atoms with E-state index in [0.29, 0.717) is 0 Å². The van der Waals surface area contributed by atoms with Gasteiger partial charge in [0.25, 0.3) is 0 Å². The van der Waals surface area contributed by atoms with Crippen molar-refractivity contribution in [2.75, 3.05) is 7.05 Å². The molecule has 0 aliphatic rings. The number of fused-ring (bicyclic) bond motifs is 1. The van der Waals surface area contributed by atoms with Gasteiger partial charge >= 0.3 is 0 Å². The third kappa shape index (κ3) is 2.36. The molecule has 1 N–H and O–H groups in total. The summed E-state index contributed by atoms with van der Waals surface area (Å²) >= 11 is 1.66. The summed E-state index contributed by atoms with van der Waals surface area (Å²) in [5.74, 6) is 0. The first-order chi connectivity index (χ1) is 9.71. The van der Waals surface area contributed by atoms with Crippen molar-refractivity contribution in [3.63, 3.8) is 0 Å². The summed E-state index contributed by atoms with van der Waals surface area (Å²) < 4.78 is 4.14. The van der Waals surface area contributed by atoms with Gasteiger partial charge in [0.05, 0.1) is 23.1 Å². The molecule has 0 spiro atoms. The highest BCUT2D eigenvalue weighted by Gasteiger charge is 2.17. The fourth-order valence-electron chi connectivity index (χ4n) is 2.54. The Morgan fingerprint density at radius 2 is 2.30 bits per heavy atom. The molecule has 0 aliphatic carbocycles. The standard InChI is InChI=1S/C14H19N5S/c1-4-19-13(7-10(2)17-19)12(15-3)8-11-9-18-5-6-20-14(18)16-11/h5-7,9,12,15H,4,8H2,1-3H3. The highest BCUT2D eigenvalue weighted by molar-refractivity contribution is 7.15. The van der Waals surface area contributed by atoms with Crippen molar-refractivity contribution >= 4 is 16.3 Å². The quantitative estimate of drug-likeness (QED) is 0.784. The molecular formula is C14H19N5S. The minimum atomic E-state index is 0.237. The summed E-state index contributed by atoms with van der Waals surface area (Å²) in [4.78, 5) is 5.71. The van der Waals surface area contributed by atoms with Crippen LogP contribution in [0.25, 0.3) is 4.96 Å². The van der Waals surface area contributed by atoms with Crippen LogP contribution in [0.4, 0.5) is 0 Å². The molecule has 0 aliphatic heterocycles. The molecule has 3 heterocycles. The second kappa shape index (κ2) is 5.38. The topological polar surface area (TPSA) is 47.2 Å². The van der Waals surface area contributed by atoms with E-state index in [1.807, 2.05) is 20.2 Å². The Morgan fingerprint density at radius 1 is 1.45 bits per heavy atom. The van der Waals surface area contributed by atoms with Crippen molar-refractivity contribution in [1.82, 2.24) is 24.5 Å². The highest BCUT2D eigenvalue weighted by Crippen LogP contribution is 2.20. The van der Waals surface area contributed by atoms with Crippen molar-refractivity contribution in [1.29, 1.82) is 0 Å². The van der Waals surface area contributed by atoms with E-state index in [4.69, 9.17) is 0 Å². The summed E-state index contributed by atoms with van der Waals surface area (Å²) in [6, 6.07) is 2.39. The van der Waals surface area contributed by atoms with E-state index in [1.165, 1.54) is 5.69 Å². The minimum Gasteiger partial charge on any atom is -0.311 e. The Balaban J connectivity index is 1.87. The van der Waals surface area contributed by atoms with Gasteiger partial charge in [0.1, 0.15) is 0 Å². The average Bonchev–Trinajstić information content (AvgIpc) is 3.09. The Hall–Kier alpha value is -1.66. The first-order valence-corrected chi connectivity index (χ1v) is 7.72. The SMILES string of the molecule is CCn1nc(C)cc1C(Cc1cn2ccsc2n1)NC. The number of aryl methyl sites for hydroxylation is 2. The van der Waals surface area contributed by atoms with E-state index >= 15 is 0 Å². The predicted octanol–water partition coefficient (Wildman–Crippen LogP) is 2.42. The van der Waals surface area contributed by atoms with E-state index < -0.39 is 0 Å². The van der Waals surface area contributed by atoms with Crippen LogP contribution in [-0.4, -0.2) is 26.2 Å². The average molecular weight is 289 g/mol. The molecule has 6 heteroatoms. The van der Waals surface area contributed by atoms with Crippen LogP contribution in [-0.2, 0) is 13.0 Å². The lowest BCUT2D eigenvalue weighted by Crippen LogP contribution is -2.22. The molecule has 3 aromatic rings. The van der Waals surface area contributed by atoms with Crippen LogP contribution in [0.15, 0.2) is 23.8 Å². The smallest absolute Gasteiger partial charge is 0.193 e. The molecule has 106 valence electrons. The fraction of sp³-hybridized carbons (Fsp3) is 0.429. The lowest BCUT2D eigenvalue weighted by Gasteiger charge is -2.16. The molecule has 0 saturated heterocycles. The molecule has 3 aromatic heterocycles. The van der Waals surface area contributed by atoms with E-state index in [1.54, 1.807) is 11.3 Å². The van der Waals surface area contributed by atoms with Gasteiger partial charge in [-0.2, -0.15) is 5.10 Å². The van der Waals surface area contributed by atoms with Gasteiger partial charge < -0.3 is 5.32 Å². The van der Waals surface area contributed by atoms with Gasteiger partial charge in [-0.05, 0) is 27.0 Å². The van der Waals surface area contributed by atoms with E-state index in [2.05, 4.69) is 49.0 Å².